The zero-order valence-corrected chi connectivity index (χ0v) is 17.2. The van der Waals surface area contributed by atoms with Crippen LogP contribution in [0.2, 0.25) is 0 Å². The Bertz CT molecular complexity index is 1110. The fourth-order valence-electron chi connectivity index (χ4n) is 3.45. The van der Waals surface area contributed by atoms with Crippen LogP contribution >= 0.6 is 0 Å². The maximum atomic E-state index is 13.5. The molecule has 0 aliphatic carbocycles. The van der Waals surface area contributed by atoms with Gasteiger partial charge < -0.3 is 9.88 Å². The number of nitrogens with zero attached hydrogens (tertiary/aromatic N) is 2. The molecule has 148 valence electrons. The summed E-state index contributed by atoms with van der Waals surface area (Å²) in [6.45, 7) is 3.82. The number of rotatable bonds is 6. The standard InChI is InChI=1S/C24H25N3O2/c1-5-20-16(2)26-24(29)22(27(3)4)21(20)23(28)18-10-8-9-17(15-18)12-13-19-11-6-7-14-25-19/h6-15H,5H2,1-4H3,(H,26,29)/b13-12-. The summed E-state index contributed by atoms with van der Waals surface area (Å²) in [5.41, 5.74) is 4.52. The monoisotopic (exact) mass is 387 g/mol. The van der Waals surface area contributed by atoms with Crippen LogP contribution in [0.15, 0.2) is 53.5 Å². The van der Waals surface area contributed by atoms with E-state index >= 15 is 0 Å². The molecule has 0 aliphatic heterocycles. The molecule has 0 spiro atoms. The number of aromatic nitrogens is 2. The van der Waals surface area contributed by atoms with Crippen molar-refractivity contribution < 1.29 is 4.79 Å². The van der Waals surface area contributed by atoms with E-state index < -0.39 is 0 Å². The third kappa shape index (κ3) is 4.35. The van der Waals surface area contributed by atoms with E-state index in [1.807, 2.05) is 62.4 Å². The molecule has 1 aromatic carbocycles. The number of anilines is 1. The van der Waals surface area contributed by atoms with E-state index in [4.69, 9.17) is 0 Å². The third-order valence-electron chi connectivity index (χ3n) is 4.82. The van der Waals surface area contributed by atoms with Crippen LogP contribution in [-0.4, -0.2) is 29.8 Å². The van der Waals surface area contributed by atoms with Crippen molar-refractivity contribution in [2.75, 3.05) is 19.0 Å². The molecule has 3 aromatic rings. The highest BCUT2D eigenvalue weighted by Crippen LogP contribution is 2.25. The van der Waals surface area contributed by atoms with Gasteiger partial charge >= 0.3 is 0 Å². The van der Waals surface area contributed by atoms with Crippen molar-refractivity contribution in [3.63, 3.8) is 0 Å². The fraction of sp³-hybridized carbons (Fsp3) is 0.208. The average Bonchev–Trinajstić information content (AvgIpc) is 2.72. The van der Waals surface area contributed by atoms with Crippen LogP contribution in [0.3, 0.4) is 0 Å². The Kier molecular flexibility index (Phi) is 6.07. The first-order valence-corrected chi connectivity index (χ1v) is 9.59. The number of aryl methyl sites for hydroxylation is 1. The molecule has 1 N–H and O–H groups in total. The molecule has 2 heterocycles. The van der Waals surface area contributed by atoms with Gasteiger partial charge in [-0.2, -0.15) is 0 Å². The summed E-state index contributed by atoms with van der Waals surface area (Å²) < 4.78 is 0. The number of hydrogen-bond donors (Lipinski definition) is 1. The van der Waals surface area contributed by atoms with Gasteiger partial charge in [-0.3, -0.25) is 14.6 Å². The van der Waals surface area contributed by atoms with Crippen molar-refractivity contribution in [3.8, 4) is 0 Å². The second-order valence-corrected chi connectivity index (χ2v) is 7.07. The molecule has 5 nitrogen and oxygen atoms in total. The van der Waals surface area contributed by atoms with Gasteiger partial charge in [0.25, 0.3) is 5.56 Å². The number of nitrogens with one attached hydrogen (secondary N) is 1. The van der Waals surface area contributed by atoms with E-state index in [0.29, 0.717) is 23.2 Å². The van der Waals surface area contributed by atoms with Gasteiger partial charge in [-0.1, -0.05) is 37.3 Å². The van der Waals surface area contributed by atoms with Crippen LogP contribution in [0.25, 0.3) is 12.2 Å². The van der Waals surface area contributed by atoms with E-state index in [-0.39, 0.29) is 11.3 Å². The van der Waals surface area contributed by atoms with Gasteiger partial charge in [-0.25, -0.2) is 0 Å². The highest BCUT2D eigenvalue weighted by atomic mass is 16.1. The second-order valence-electron chi connectivity index (χ2n) is 7.07. The summed E-state index contributed by atoms with van der Waals surface area (Å²) in [6.07, 6.45) is 6.23. The second kappa shape index (κ2) is 8.69. The first-order valence-electron chi connectivity index (χ1n) is 9.59. The van der Waals surface area contributed by atoms with Gasteiger partial charge in [-0.05, 0) is 48.7 Å². The molecular weight excluding hydrogens is 362 g/mol. The lowest BCUT2D eigenvalue weighted by molar-refractivity contribution is 0.103. The molecule has 3 rings (SSSR count). The molecule has 2 aromatic heterocycles. The molecule has 5 heteroatoms. The molecule has 0 fully saturated rings. The number of carbonyl (C=O) groups excluding carboxylic acids is 1. The summed E-state index contributed by atoms with van der Waals surface area (Å²) in [7, 11) is 3.56. The molecule has 0 aliphatic rings. The number of benzene rings is 1. The van der Waals surface area contributed by atoms with Gasteiger partial charge in [0.2, 0.25) is 0 Å². The van der Waals surface area contributed by atoms with Gasteiger partial charge in [0.05, 0.1) is 11.3 Å². The molecule has 0 radical (unpaired) electrons. The van der Waals surface area contributed by atoms with Gasteiger partial charge in [0, 0.05) is 31.5 Å². The van der Waals surface area contributed by atoms with Crippen LogP contribution in [0.1, 0.15) is 45.4 Å². The Morgan fingerprint density at radius 3 is 2.59 bits per heavy atom. The highest BCUT2D eigenvalue weighted by molar-refractivity contribution is 6.13. The lowest BCUT2D eigenvalue weighted by Crippen LogP contribution is -2.27. The lowest BCUT2D eigenvalue weighted by Gasteiger charge is -2.20. The van der Waals surface area contributed by atoms with E-state index in [1.165, 1.54) is 0 Å². The molecule has 0 bridgehead atoms. The SMILES string of the molecule is CCc1c(C)[nH]c(=O)c(N(C)C)c1C(=O)c1cccc(/C=C\c2ccccn2)c1. The number of aromatic amines is 1. The van der Waals surface area contributed by atoms with E-state index in [9.17, 15) is 9.59 Å². The minimum atomic E-state index is -0.251. The first kappa shape index (κ1) is 20.3. The highest BCUT2D eigenvalue weighted by Gasteiger charge is 2.23. The van der Waals surface area contributed by atoms with Crippen LogP contribution in [0, 0.1) is 6.92 Å². The predicted molar refractivity (Wildman–Crippen MR) is 119 cm³/mol. The smallest absolute Gasteiger partial charge is 0.272 e. The Balaban J connectivity index is 2.06. The van der Waals surface area contributed by atoms with E-state index in [0.717, 1.165) is 22.5 Å². The van der Waals surface area contributed by atoms with Crippen LogP contribution in [0.5, 0.6) is 0 Å². The maximum Gasteiger partial charge on any atom is 0.272 e. The van der Waals surface area contributed by atoms with Gasteiger partial charge in [-0.15, -0.1) is 0 Å². The molecule has 0 amide bonds. The summed E-state index contributed by atoms with van der Waals surface area (Å²) >= 11 is 0. The van der Waals surface area contributed by atoms with Gasteiger partial charge in [0.1, 0.15) is 5.69 Å². The molecule has 0 saturated carbocycles. The normalized spacial score (nSPS) is 11.0. The van der Waals surface area contributed by atoms with Crippen LogP contribution in [-0.2, 0) is 6.42 Å². The quantitative estimate of drug-likeness (QED) is 0.647. The first-order chi connectivity index (χ1) is 13.9. The summed E-state index contributed by atoms with van der Waals surface area (Å²) in [5, 5.41) is 0. The maximum absolute atomic E-state index is 13.5. The van der Waals surface area contributed by atoms with Crippen molar-refractivity contribution in [1.29, 1.82) is 0 Å². The molecular formula is C24H25N3O2. The van der Waals surface area contributed by atoms with Crippen molar-refractivity contribution >= 4 is 23.6 Å². The number of ketones is 1. The number of H-pyrrole nitrogens is 1. The van der Waals surface area contributed by atoms with Gasteiger partial charge in [0.15, 0.2) is 5.78 Å². The van der Waals surface area contributed by atoms with Crippen molar-refractivity contribution in [1.82, 2.24) is 9.97 Å². The molecule has 0 unspecified atom stereocenters. The van der Waals surface area contributed by atoms with E-state index in [2.05, 4.69) is 9.97 Å². The number of pyridine rings is 2. The number of carbonyl (C=O) groups is 1. The van der Waals surface area contributed by atoms with E-state index in [1.54, 1.807) is 31.3 Å². The van der Waals surface area contributed by atoms with Crippen molar-refractivity contribution in [2.45, 2.75) is 20.3 Å². The topological polar surface area (TPSA) is 66.1 Å². The number of hydrogen-bond acceptors (Lipinski definition) is 4. The Morgan fingerprint density at radius 2 is 1.93 bits per heavy atom. The Morgan fingerprint density at radius 1 is 1.14 bits per heavy atom. The average molecular weight is 387 g/mol. The zero-order chi connectivity index (χ0) is 21.0. The summed E-state index contributed by atoms with van der Waals surface area (Å²) in [6, 6.07) is 13.1. The minimum Gasteiger partial charge on any atom is -0.373 e. The Labute approximate surface area is 170 Å². The molecule has 0 saturated heterocycles. The molecule has 0 atom stereocenters. The Hall–Kier alpha value is -3.47. The zero-order valence-electron chi connectivity index (χ0n) is 17.2. The largest absolute Gasteiger partial charge is 0.373 e. The van der Waals surface area contributed by atoms with Crippen molar-refractivity contribution in [2.24, 2.45) is 0 Å². The predicted octanol–water partition coefficient (Wildman–Crippen LogP) is 4.11. The van der Waals surface area contributed by atoms with Crippen LogP contribution < -0.4 is 10.5 Å². The molecule has 29 heavy (non-hydrogen) atoms. The minimum absolute atomic E-state index is 0.146. The third-order valence-corrected chi connectivity index (χ3v) is 4.82. The van der Waals surface area contributed by atoms with Crippen LogP contribution in [0.4, 0.5) is 5.69 Å². The fourth-order valence-corrected chi connectivity index (χ4v) is 3.45. The summed E-state index contributed by atoms with van der Waals surface area (Å²) in [4.78, 5) is 34.9. The summed E-state index contributed by atoms with van der Waals surface area (Å²) in [5.74, 6) is -0.146. The lowest BCUT2D eigenvalue weighted by atomic mass is 9.93. The van der Waals surface area contributed by atoms with Crippen molar-refractivity contribution in [3.05, 3.63) is 92.7 Å².